The molecule has 1 fully saturated rings. The van der Waals surface area contributed by atoms with E-state index in [-0.39, 0.29) is 44.9 Å². The number of hydrogen-bond acceptors (Lipinski definition) is 9. The first-order chi connectivity index (χ1) is 27.2. The number of aromatic nitrogens is 1. The van der Waals surface area contributed by atoms with Crippen LogP contribution in [0.5, 0.6) is 11.5 Å². The highest BCUT2D eigenvalue weighted by Gasteiger charge is 2.53. The number of carbonyl (C=O) groups is 1. The number of halogens is 3. The molecule has 57 heavy (non-hydrogen) atoms. The minimum atomic E-state index is -5.01. The second kappa shape index (κ2) is 17.6. The number of anilines is 1. The number of nitrogens with zero attached hydrogens (tertiary/aromatic N) is 1. The van der Waals surface area contributed by atoms with E-state index in [4.69, 9.17) is 23.7 Å². The molecular formula is C41H44F3N3O9S. The average molecular weight is 812 g/mol. The van der Waals surface area contributed by atoms with Crippen LogP contribution in [0.25, 0.3) is 10.9 Å². The van der Waals surface area contributed by atoms with Gasteiger partial charge in [0.05, 0.1) is 38.7 Å². The third-order valence-electron chi connectivity index (χ3n) is 9.71. The number of nitrogens with one attached hydrogen (secondary N) is 2. The number of hydrogen-bond donors (Lipinski definition) is 3. The molecule has 1 saturated heterocycles. The van der Waals surface area contributed by atoms with Crippen molar-refractivity contribution in [3.63, 3.8) is 0 Å². The lowest BCUT2D eigenvalue weighted by molar-refractivity contribution is -0.200. The number of fused-ring (bicyclic) bond motifs is 1. The fourth-order valence-corrected chi connectivity index (χ4v) is 7.66. The van der Waals surface area contributed by atoms with E-state index in [0.717, 1.165) is 11.8 Å². The minimum Gasteiger partial charge on any atom is -0.497 e. The van der Waals surface area contributed by atoms with Crippen molar-refractivity contribution in [3.8, 4) is 11.5 Å². The quantitative estimate of drug-likeness (QED) is 0.0715. The number of aryl methyl sites for hydroxylation is 1. The molecule has 0 radical (unpaired) electrons. The lowest BCUT2D eigenvalue weighted by Crippen LogP contribution is -2.48. The molecule has 1 amide bonds. The van der Waals surface area contributed by atoms with Crippen molar-refractivity contribution < 1.29 is 55.2 Å². The van der Waals surface area contributed by atoms with Crippen molar-refractivity contribution in [2.75, 3.05) is 38.5 Å². The van der Waals surface area contributed by atoms with E-state index in [1.165, 1.54) is 0 Å². The highest BCUT2D eigenvalue weighted by atomic mass is 32.2. The van der Waals surface area contributed by atoms with Crippen molar-refractivity contribution in [2.45, 2.75) is 56.1 Å². The molecule has 0 saturated carbocycles. The van der Waals surface area contributed by atoms with Crippen LogP contribution in [0.3, 0.4) is 0 Å². The molecular weight excluding hydrogens is 768 g/mol. The molecule has 12 nitrogen and oxygen atoms in total. The summed E-state index contributed by atoms with van der Waals surface area (Å²) in [6.07, 6.45) is -4.68. The van der Waals surface area contributed by atoms with Gasteiger partial charge in [-0.15, -0.1) is 0 Å². The molecule has 3 N–H and O–H groups in total. The number of aliphatic hydroxyl groups is 1. The Hall–Kier alpha value is -5.13. The normalized spacial score (nSPS) is 17.4. The first-order valence-corrected chi connectivity index (χ1v) is 20.0. The molecule has 3 atom stereocenters. The maximum atomic E-state index is 12.8. The smallest absolute Gasteiger partial charge is 0.471 e. The van der Waals surface area contributed by atoms with E-state index in [1.54, 1.807) is 62.9 Å². The van der Waals surface area contributed by atoms with Gasteiger partial charge >= 0.3 is 12.1 Å². The summed E-state index contributed by atoms with van der Waals surface area (Å²) >= 11 is 0. The summed E-state index contributed by atoms with van der Waals surface area (Å²) in [6, 6.07) is 29.0. The summed E-state index contributed by atoms with van der Waals surface area (Å²) in [7, 11) is -0.523. The van der Waals surface area contributed by atoms with Crippen LogP contribution in [0.15, 0.2) is 103 Å². The molecule has 6 rings (SSSR count). The lowest BCUT2D eigenvalue weighted by atomic mass is 9.79. The van der Waals surface area contributed by atoms with Crippen molar-refractivity contribution in [1.29, 1.82) is 0 Å². The van der Waals surface area contributed by atoms with Crippen LogP contribution in [-0.2, 0) is 47.7 Å². The molecule has 3 unspecified atom stereocenters. The van der Waals surface area contributed by atoms with Gasteiger partial charge in [-0.2, -0.15) is 13.2 Å². The van der Waals surface area contributed by atoms with Crippen molar-refractivity contribution in [3.05, 3.63) is 126 Å². The van der Waals surface area contributed by atoms with Crippen LogP contribution >= 0.6 is 0 Å². The number of methoxy groups -OCH3 is 2. The Kier molecular flexibility index (Phi) is 12.8. The molecule has 5 aromatic rings. The summed E-state index contributed by atoms with van der Waals surface area (Å²) in [5.41, 5.74) is 2.30. The zero-order chi connectivity index (χ0) is 40.8. The second-order valence-electron chi connectivity index (χ2n) is 13.6. The monoisotopic (exact) mass is 811 g/mol. The average Bonchev–Trinajstić information content (AvgIpc) is 3.76. The molecule has 4 aromatic carbocycles. The van der Waals surface area contributed by atoms with Crippen molar-refractivity contribution in [2.24, 2.45) is 0 Å². The van der Waals surface area contributed by atoms with Crippen LogP contribution in [-0.4, -0.2) is 76.2 Å². The lowest BCUT2D eigenvalue weighted by Gasteiger charge is -2.40. The van der Waals surface area contributed by atoms with Crippen molar-refractivity contribution >= 4 is 32.5 Å². The largest absolute Gasteiger partial charge is 0.497 e. The third kappa shape index (κ3) is 9.71. The third-order valence-corrected chi connectivity index (χ3v) is 10.3. The van der Waals surface area contributed by atoms with Gasteiger partial charge in [0, 0.05) is 30.2 Å². The zero-order valence-corrected chi connectivity index (χ0v) is 32.3. The van der Waals surface area contributed by atoms with E-state index in [9.17, 15) is 31.5 Å². The summed E-state index contributed by atoms with van der Waals surface area (Å²) in [4.78, 5) is 11.4. The summed E-state index contributed by atoms with van der Waals surface area (Å²) in [5, 5.41) is 14.5. The fourth-order valence-electron chi connectivity index (χ4n) is 7.10. The highest BCUT2D eigenvalue weighted by molar-refractivity contribution is 7.92. The van der Waals surface area contributed by atoms with Gasteiger partial charge in [-0.1, -0.05) is 54.6 Å². The maximum absolute atomic E-state index is 12.8. The number of aliphatic hydroxyl groups excluding tert-OH is 1. The molecule has 1 aliphatic heterocycles. The number of sulfonamides is 1. The van der Waals surface area contributed by atoms with E-state index < -0.39 is 46.1 Å². The van der Waals surface area contributed by atoms with Gasteiger partial charge in [0.2, 0.25) is 10.0 Å². The van der Waals surface area contributed by atoms with E-state index >= 15 is 0 Å². The molecule has 0 bridgehead atoms. The SMILES string of the molecule is COc1ccc(C(OCOCc2ccccc2)(c2ccc(OC)cc2)C2OC(n3cc(CCCNC(=O)C(F)(F)F)c4cc(NS(C)(=O)=O)ccc43)CC2O)cc1. The number of rotatable bonds is 17. The molecule has 0 spiro atoms. The van der Waals surface area contributed by atoms with E-state index in [1.807, 2.05) is 64.5 Å². The Balaban J connectivity index is 1.38. The predicted octanol–water partition coefficient (Wildman–Crippen LogP) is 6.42. The van der Waals surface area contributed by atoms with Gasteiger partial charge in [-0.3, -0.25) is 9.52 Å². The molecule has 0 aliphatic carbocycles. The van der Waals surface area contributed by atoms with Crippen LogP contribution < -0.4 is 19.5 Å². The fraction of sp³-hybridized carbons (Fsp3) is 0.341. The summed E-state index contributed by atoms with van der Waals surface area (Å²) < 4.78 is 97.5. The Morgan fingerprint density at radius 2 is 1.56 bits per heavy atom. The minimum absolute atomic E-state index is 0.0984. The Labute approximate surface area is 328 Å². The zero-order valence-electron chi connectivity index (χ0n) is 31.5. The highest BCUT2D eigenvalue weighted by Crippen LogP contribution is 2.47. The molecule has 1 aromatic heterocycles. The molecule has 16 heteroatoms. The number of benzene rings is 4. The van der Waals surface area contributed by atoms with Crippen LogP contribution in [0.1, 0.15) is 41.3 Å². The number of ether oxygens (including phenoxy) is 5. The molecule has 1 aliphatic rings. The predicted molar refractivity (Wildman–Crippen MR) is 206 cm³/mol. The molecule has 2 heterocycles. The second-order valence-corrected chi connectivity index (χ2v) is 15.4. The Bertz CT molecular complexity index is 2190. The van der Waals surface area contributed by atoms with Crippen molar-refractivity contribution in [1.82, 2.24) is 9.88 Å². The van der Waals surface area contributed by atoms with Gasteiger partial charge in [0.25, 0.3) is 0 Å². The van der Waals surface area contributed by atoms with E-state index in [0.29, 0.717) is 39.1 Å². The van der Waals surface area contributed by atoms with Crippen LogP contribution in [0.4, 0.5) is 18.9 Å². The van der Waals surface area contributed by atoms with Gasteiger partial charge in [0.15, 0.2) is 0 Å². The first-order valence-electron chi connectivity index (χ1n) is 18.1. The van der Waals surface area contributed by atoms with Crippen LogP contribution in [0.2, 0.25) is 0 Å². The Morgan fingerprint density at radius 3 is 2.14 bits per heavy atom. The maximum Gasteiger partial charge on any atom is 0.471 e. The van der Waals surface area contributed by atoms with Crippen LogP contribution in [0, 0.1) is 0 Å². The Morgan fingerprint density at radius 1 is 0.930 bits per heavy atom. The summed E-state index contributed by atoms with van der Waals surface area (Å²) in [5.74, 6) is -0.834. The number of alkyl halides is 3. The van der Waals surface area contributed by atoms with Gasteiger partial charge in [-0.25, -0.2) is 8.42 Å². The van der Waals surface area contributed by atoms with Gasteiger partial charge in [-0.05, 0) is 77.6 Å². The van der Waals surface area contributed by atoms with E-state index in [2.05, 4.69) is 4.72 Å². The van der Waals surface area contributed by atoms with Gasteiger partial charge in [0.1, 0.15) is 36.2 Å². The topological polar surface area (TPSA) is 147 Å². The van der Waals surface area contributed by atoms with Gasteiger partial charge < -0.3 is 38.7 Å². The number of amides is 1. The first kappa shape index (κ1) is 41.5. The molecule has 304 valence electrons. The number of carbonyl (C=O) groups excluding carboxylic acids is 1. The summed E-state index contributed by atoms with van der Waals surface area (Å²) in [6.45, 7) is -0.183. The standard InChI is InChI=1S/C41H44F3N3O9S/c1-52-32-16-11-29(12-17-32)40(30-13-18-33(53-2)19-14-30,55-26-54-25-27-8-5-4-6-9-27)38-36(48)23-37(56-38)47-24-28(10-7-21-45-39(49)41(42,43)44)34-22-31(15-20-35(34)47)46-57(3,50)51/h4-6,8-9,11-20,22,24,36-38,46,48H,7,10,21,23,25-26H2,1-3H3,(H,45,49).